The highest BCUT2D eigenvalue weighted by Gasteiger charge is 2.22. The highest BCUT2D eigenvalue weighted by Crippen LogP contribution is 2.22. The lowest BCUT2D eigenvalue weighted by Crippen LogP contribution is -2.46. The van der Waals surface area contributed by atoms with Crippen molar-refractivity contribution in [2.75, 3.05) is 11.9 Å². The van der Waals surface area contributed by atoms with Crippen LogP contribution in [0.25, 0.3) is 0 Å². The van der Waals surface area contributed by atoms with Crippen LogP contribution < -0.4 is 15.4 Å². The van der Waals surface area contributed by atoms with E-state index in [-0.39, 0.29) is 18.4 Å². The Hall–Kier alpha value is -3.94. The molecule has 0 radical (unpaired) electrons. The van der Waals surface area contributed by atoms with E-state index in [0.717, 1.165) is 11.3 Å². The number of carbonyl (C=O) groups is 2. The van der Waals surface area contributed by atoms with Gasteiger partial charge >= 0.3 is 0 Å². The third-order valence-corrected chi connectivity index (χ3v) is 5.73. The Balaban J connectivity index is 1.38. The fourth-order valence-corrected chi connectivity index (χ4v) is 3.78. The molecule has 0 bridgehead atoms. The molecule has 34 heavy (non-hydrogen) atoms. The SMILES string of the molecule is O=C(NC(COCc1ccccc1)C(=O)Nc1ccc(Oc2ccccc2)cc1)c1cccs1. The van der Waals surface area contributed by atoms with E-state index < -0.39 is 6.04 Å². The quantitative estimate of drug-likeness (QED) is 0.320. The first kappa shape index (κ1) is 23.2. The number of thiophene rings is 1. The van der Waals surface area contributed by atoms with Crippen LogP contribution in [0.2, 0.25) is 0 Å². The number of amides is 2. The highest BCUT2D eigenvalue weighted by molar-refractivity contribution is 7.12. The molecule has 1 heterocycles. The first-order valence-electron chi connectivity index (χ1n) is 10.8. The van der Waals surface area contributed by atoms with Crippen molar-refractivity contribution in [3.05, 3.63) is 113 Å². The van der Waals surface area contributed by atoms with Crippen molar-refractivity contribution in [1.82, 2.24) is 5.32 Å². The van der Waals surface area contributed by atoms with Gasteiger partial charge in [0.15, 0.2) is 0 Å². The molecule has 2 amide bonds. The molecule has 4 aromatic rings. The summed E-state index contributed by atoms with van der Waals surface area (Å²) in [6, 6.07) is 28.8. The summed E-state index contributed by atoms with van der Waals surface area (Å²) in [6.07, 6.45) is 0. The zero-order valence-electron chi connectivity index (χ0n) is 18.3. The van der Waals surface area contributed by atoms with Crippen molar-refractivity contribution in [2.24, 2.45) is 0 Å². The number of benzene rings is 3. The van der Waals surface area contributed by atoms with Crippen molar-refractivity contribution < 1.29 is 19.1 Å². The molecule has 7 heteroatoms. The van der Waals surface area contributed by atoms with Gasteiger partial charge in [-0.25, -0.2) is 0 Å². The molecule has 0 aliphatic heterocycles. The first-order chi connectivity index (χ1) is 16.7. The van der Waals surface area contributed by atoms with Crippen molar-refractivity contribution in [1.29, 1.82) is 0 Å². The zero-order valence-corrected chi connectivity index (χ0v) is 19.2. The van der Waals surface area contributed by atoms with E-state index in [1.54, 1.807) is 36.4 Å². The molecule has 0 saturated heterocycles. The number of hydrogen-bond donors (Lipinski definition) is 2. The molecule has 0 aliphatic rings. The topological polar surface area (TPSA) is 76.7 Å². The van der Waals surface area contributed by atoms with Crippen molar-refractivity contribution >= 4 is 28.8 Å². The summed E-state index contributed by atoms with van der Waals surface area (Å²) in [5, 5.41) is 7.44. The summed E-state index contributed by atoms with van der Waals surface area (Å²) in [5.74, 6) is 0.698. The summed E-state index contributed by atoms with van der Waals surface area (Å²) >= 11 is 1.31. The lowest BCUT2D eigenvalue weighted by molar-refractivity contribution is -0.119. The number of nitrogens with one attached hydrogen (secondary N) is 2. The van der Waals surface area contributed by atoms with Crippen molar-refractivity contribution in [3.63, 3.8) is 0 Å². The van der Waals surface area contributed by atoms with Crippen LogP contribution in [0.1, 0.15) is 15.2 Å². The number of rotatable bonds is 10. The van der Waals surface area contributed by atoms with Crippen molar-refractivity contribution in [2.45, 2.75) is 12.6 Å². The van der Waals surface area contributed by atoms with Crippen LogP contribution in [0.4, 0.5) is 5.69 Å². The van der Waals surface area contributed by atoms with Gasteiger partial charge in [0.25, 0.3) is 5.91 Å². The number of anilines is 1. The van der Waals surface area contributed by atoms with Gasteiger partial charge in [0.1, 0.15) is 17.5 Å². The zero-order chi connectivity index (χ0) is 23.6. The summed E-state index contributed by atoms with van der Waals surface area (Å²) in [5.41, 5.74) is 1.57. The van der Waals surface area contributed by atoms with E-state index in [9.17, 15) is 9.59 Å². The Kier molecular flexibility index (Phi) is 8.05. The van der Waals surface area contributed by atoms with Crippen LogP contribution in [-0.4, -0.2) is 24.5 Å². The Morgan fingerprint density at radius 1 is 0.794 bits per heavy atom. The van der Waals surface area contributed by atoms with Gasteiger partial charge in [0.2, 0.25) is 5.91 Å². The van der Waals surface area contributed by atoms with E-state index in [1.165, 1.54) is 11.3 Å². The highest BCUT2D eigenvalue weighted by atomic mass is 32.1. The van der Waals surface area contributed by atoms with Crippen molar-refractivity contribution in [3.8, 4) is 11.5 Å². The molecule has 0 saturated carbocycles. The predicted molar refractivity (Wildman–Crippen MR) is 133 cm³/mol. The average molecular weight is 473 g/mol. The van der Waals surface area contributed by atoms with Crippen LogP contribution in [0.3, 0.4) is 0 Å². The second-order valence-corrected chi connectivity index (χ2v) is 8.38. The van der Waals surface area contributed by atoms with Gasteiger partial charge < -0.3 is 20.1 Å². The third kappa shape index (κ3) is 6.78. The summed E-state index contributed by atoms with van der Waals surface area (Å²) in [4.78, 5) is 26.1. The first-order valence-corrected chi connectivity index (χ1v) is 11.7. The molecule has 1 atom stereocenters. The summed E-state index contributed by atoms with van der Waals surface area (Å²) in [6.45, 7) is 0.373. The molecule has 172 valence electrons. The van der Waals surface area contributed by atoms with E-state index in [0.29, 0.717) is 22.9 Å². The van der Waals surface area contributed by atoms with E-state index >= 15 is 0 Å². The monoisotopic (exact) mass is 472 g/mol. The number of ether oxygens (including phenoxy) is 2. The van der Waals surface area contributed by atoms with Gasteiger partial charge in [-0.2, -0.15) is 0 Å². The van der Waals surface area contributed by atoms with Crippen LogP contribution in [0.15, 0.2) is 102 Å². The molecule has 6 nitrogen and oxygen atoms in total. The Bertz CT molecular complexity index is 1180. The van der Waals surface area contributed by atoms with E-state index in [2.05, 4.69) is 10.6 Å². The van der Waals surface area contributed by atoms with Gasteiger partial charge in [0, 0.05) is 5.69 Å². The number of para-hydroxylation sites is 1. The minimum Gasteiger partial charge on any atom is -0.457 e. The Morgan fingerprint density at radius 3 is 2.15 bits per heavy atom. The molecule has 0 fully saturated rings. The predicted octanol–water partition coefficient (Wildman–Crippen LogP) is 5.49. The average Bonchev–Trinajstić information content (AvgIpc) is 3.41. The summed E-state index contributed by atoms with van der Waals surface area (Å²) < 4.78 is 11.5. The Labute approximate surface area is 202 Å². The number of carbonyl (C=O) groups excluding carboxylic acids is 2. The normalized spacial score (nSPS) is 11.4. The maximum atomic E-state index is 13.0. The third-order valence-electron chi connectivity index (χ3n) is 4.86. The second kappa shape index (κ2) is 11.8. The second-order valence-electron chi connectivity index (χ2n) is 7.43. The van der Waals surface area contributed by atoms with Crippen LogP contribution in [0, 0.1) is 0 Å². The van der Waals surface area contributed by atoms with Gasteiger partial charge in [-0.05, 0) is 53.4 Å². The lowest BCUT2D eigenvalue weighted by atomic mass is 10.2. The van der Waals surface area contributed by atoms with Gasteiger partial charge in [-0.1, -0.05) is 54.6 Å². The van der Waals surface area contributed by atoms with Crippen LogP contribution >= 0.6 is 11.3 Å². The van der Waals surface area contributed by atoms with E-state index in [4.69, 9.17) is 9.47 Å². The molecule has 4 rings (SSSR count). The smallest absolute Gasteiger partial charge is 0.262 e. The molecule has 0 aliphatic carbocycles. The lowest BCUT2D eigenvalue weighted by Gasteiger charge is -2.18. The van der Waals surface area contributed by atoms with Crippen LogP contribution in [-0.2, 0) is 16.1 Å². The standard InChI is InChI=1S/C27H24N2O4S/c30-26(28-21-13-15-23(16-14-21)33-22-10-5-2-6-11-22)24(29-27(31)25-12-7-17-34-25)19-32-18-20-8-3-1-4-9-20/h1-17,24H,18-19H2,(H,28,30)(H,29,31). The molecular formula is C27H24N2O4S. The van der Waals surface area contributed by atoms with Crippen LogP contribution in [0.5, 0.6) is 11.5 Å². The number of hydrogen-bond acceptors (Lipinski definition) is 5. The fourth-order valence-electron chi connectivity index (χ4n) is 3.15. The largest absolute Gasteiger partial charge is 0.457 e. The molecule has 3 aromatic carbocycles. The maximum absolute atomic E-state index is 13.0. The Morgan fingerprint density at radius 2 is 1.47 bits per heavy atom. The maximum Gasteiger partial charge on any atom is 0.262 e. The molecule has 2 N–H and O–H groups in total. The molecular weight excluding hydrogens is 448 g/mol. The van der Waals surface area contributed by atoms with Gasteiger partial charge in [-0.3, -0.25) is 9.59 Å². The fraction of sp³-hybridized carbons (Fsp3) is 0.111. The summed E-state index contributed by atoms with van der Waals surface area (Å²) in [7, 11) is 0. The minimum atomic E-state index is -0.862. The molecule has 1 unspecified atom stereocenters. The van der Waals surface area contributed by atoms with Gasteiger partial charge in [-0.15, -0.1) is 11.3 Å². The van der Waals surface area contributed by atoms with Gasteiger partial charge in [0.05, 0.1) is 18.1 Å². The minimum absolute atomic E-state index is 0.0348. The van der Waals surface area contributed by atoms with E-state index in [1.807, 2.05) is 66.0 Å². The molecule has 0 spiro atoms. The molecule has 1 aromatic heterocycles.